The molecular formula is C17H23F11O2. The highest BCUT2D eigenvalue weighted by atomic mass is 19.4. The number of rotatable bonds is 11. The molecule has 13 heteroatoms. The van der Waals surface area contributed by atoms with E-state index in [0.29, 0.717) is 13.8 Å². The number of halogens is 11. The van der Waals surface area contributed by atoms with Crippen LogP contribution >= 0.6 is 0 Å². The third-order valence-corrected chi connectivity index (χ3v) is 5.03. The smallest absolute Gasteiger partial charge is 0.374 e. The molecule has 0 rings (SSSR count). The van der Waals surface area contributed by atoms with Gasteiger partial charge in [0.25, 0.3) is 5.67 Å². The molecule has 0 saturated carbocycles. The van der Waals surface area contributed by atoms with Crippen LogP contribution in [-0.2, 0) is 9.47 Å². The lowest BCUT2D eigenvalue weighted by Gasteiger charge is -2.48. The normalized spacial score (nSPS) is 21.8. The molecule has 0 saturated heterocycles. The first-order valence-corrected chi connectivity index (χ1v) is 8.61. The average molecular weight is 468 g/mol. The second-order valence-corrected chi connectivity index (χ2v) is 7.01. The molecule has 30 heavy (non-hydrogen) atoms. The maximum atomic E-state index is 15.0. The Hall–Kier alpha value is -1.11. The topological polar surface area (TPSA) is 18.5 Å². The second kappa shape index (κ2) is 8.79. The molecule has 4 unspecified atom stereocenters. The van der Waals surface area contributed by atoms with Gasteiger partial charge in [-0.2, -0.15) is 35.1 Å². The summed E-state index contributed by atoms with van der Waals surface area (Å²) in [5.41, 5.74) is -19.0. The third kappa shape index (κ3) is 4.71. The van der Waals surface area contributed by atoms with Gasteiger partial charge in [-0.05, 0) is 26.7 Å². The highest BCUT2D eigenvalue weighted by Crippen LogP contribution is 2.58. The van der Waals surface area contributed by atoms with Gasteiger partial charge in [-0.15, -0.1) is 6.58 Å². The van der Waals surface area contributed by atoms with Crippen LogP contribution in [-0.4, -0.2) is 54.3 Å². The molecule has 0 aromatic carbocycles. The van der Waals surface area contributed by atoms with E-state index in [9.17, 15) is 43.9 Å². The van der Waals surface area contributed by atoms with Crippen molar-refractivity contribution in [3.63, 3.8) is 0 Å². The number of hydrogen-bond donors (Lipinski definition) is 0. The summed E-state index contributed by atoms with van der Waals surface area (Å²) >= 11 is 0. The van der Waals surface area contributed by atoms with Gasteiger partial charge in [0.15, 0.2) is 5.67 Å². The van der Waals surface area contributed by atoms with Crippen molar-refractivity contribution in [1.82, 2.24) is 0 Å². The lowest BCUT2D eigenvalue weighted by Crippen LogP contribution is -2.71. The van der Waals surface area contributed by atoms with Crippen molar-refractivity contribution in [3.05, 3.63) is 12.7 Å². The van der Waals surface area contributed by atoms with Crippen LogP contribution < -0.4 is 0 Å². The Morgan fingerprint density at radius 2 is 1.23 bits per heavy atom. The summed E-state index contributed by atoms with van der Waals surface area (Å²) in [5.74, 6) is 0. The third-order valence-electron chi connectivity index (χ3n) is 5.03. The summed E-state index contributed by atoms with van der Waals surface area (Å²) in [7, 11) is 0. The van der Waals surface area contributed by atoms with Crippen LogP contribution in [0.5, 0.6) is 0 Å². The maximum Gasteiger partial charge on any atom is 0.434 e. The van der Waals surface area contributed by atoms with E-state index in [1.807, 2.05) is 0 Å². The van der Waals surface area contributed by atoms with Crippen molar-refractivity contribution in [2.75, 3.05) is 13.2 Å². The molecule has 4 atom stereocenters. The zero-order chi connectivity index (χ0) is 24.4. The fraction of sp³-hybridized carbons (Fsp3) is 0.882. The van der Waals surface area contributed by atoms with Crippen molar-refractivity contribution in [2.24, 2.45) is 0 Å². The molecule has 2 nitrogen and oxygen atoms in total. The lowest BCUT2D eigenvalue weighted by molar-refractivity contribution is -0.447. The molecule has 0 aromatic rings. The number of alkyl halides is 11. The first-order chi connectivity index (χ1) is 13.1. The van der Waals surface area contributed by atoms with Crippen LogP contribution in [0.1, 0.15) is 40.5 Å². The monoisotopic (exact) mass is 468 g/mol. The van der Waals surface area contributed by atoms with Crippen molar-refractivity contribution in [3.8, 4) is 0 Å². The van der Waals surface area contributed by atoms with Gasteiger partial charge in [-0.3, -0.25) is 0 Å². The van der Waals surface area contributed by atoms with Crippen molar-refractivity contribution in [1.29, 1.82) is 0 Å². The quantitative estimate of drug-likeness (QED) is 0.192. The van der Waals surface area contributed by atoms with E-state index in [1.165, 1.54) is 0 Å². The summed E-state index contributed by atoms with van der Waals surface area (Å²) < 4.78 is 161. The zero-order valence-electron chi connectivity index (χ0n) is 16.6. The molecule has 0 fully saturated rings. The average Bonchev–Trinajstić information content (AvgIpc) is 2.58. The molecule has 0 spiro atoms. The standard InChI is InChI=1S/C17H23F11O2/c1-6-9-29-10-13(19,15(21,22)23)12(5,8-3)30-17(27,28)14(20,16(24,25)26)11(4,18)7-2/h6H,1,7-10H2,2-5H3. The van der Waals surface area contributed by atoms with Crippen molar-refractivity contribution < 1.29 is 57.8 Å². The molecule has 0 aliphatic rings. The zero-order valence-corrected chi connectivity index (χ0v) is 16.6. The van der Waals surface area contributed by atoms with Crippen LogP contribution in [0.3, 0.4) is 0 Å². The van der Waals surface area contributed by atoms with Gasteiger partial charge in [0.1, 0.15) is 5.60 Å². The van der Waals surface area contributed by atoms with Crippen molar-refractivity contribution in [2.45, 2.75) is 81.6 Å². The van der Waals surface area contributed by atoms with Crippen LogP contribution in [0.4, 0.5) is 48.3 Å². The van der Waals surface area contributed by atoms with E-state index in [1.54, 1.807) is 0 Å². The van der Waals surface area contributed by atoms with Crippen LogP contribution in [0, 0.1) is 0 Å². The molecule has 0 aromatic heterocycles. The van der Waals surface area contributed by atoms with Crippen molar-refractivity contribution >= 4 is 0 Å². The first kappa shape index (κ1) is 28.9. The molecule has 0 N–H and O–H groups in total. The molecule has 0 aliphatic carbocycles. The molecule has 0 bridgehead atoms. The predicted molar refractivity (Wildman–Crippen MR) is 85.3 cm³/mol. The molecule has 0 radical (unpaired) electrons. The molecule has 0 aliphatic heterocycles. The van der Waals surface area contributed by atoms with Gasteiger partial charge in [0.2, 0.25) is 0 Å². The van der Waals surface area contributed by atoms with E-state index in [4.69, 9.17) is 0 Å². The maximum absolute atomic E-state index is 15.0. The van der Waals surface area contributed by atoms with Crippen LogP contribution in [0.25, 0.3) is 0 Å². The van der Waals surface area contributed by atoms with E-state index in [-0.39, 0.29) is 13.8 Å². The van der Waals surface area contributed by atoms with Gasteiger partial charge in [0.05, 0.1) is 13.2 Å². The Balaban J connectivity index is 6.61. The van der Waals surface area contributed by atoms with Gasteiger partial charge < -0.3 is 9.47 Å². The van der Waals surface area contributed by atoms with E-state index in [0.717, 1.165) is 6.08 Å². The number of hydrogen-bond acceptors (Lipinski definition) is 2. The van der Waals surface area contributed by atoms with Gasteiger partial charge in [-0.1, -0.05) is 19.9 Å². The Bertz CT molecular complexity index is 587. The minimum absolute atomic E-state index is 0.0734. The summed E-state index contributed by atoms with van der Waals surface area (Å²) in [4.78, 5) is 0. The molecule has 0 amide bonds. The first-order valence-electron chi connectivity index (χ1n) is 8.61. The summed E-state index contributed by atoms with van der Waals surface area (Å²) in [6.07, 6.45) is -20.7. The minimum Gasteiger partial charge on any atom is -0.374 e. The van der Waals surface area contributed by atoms with Crippen LogP contribution in [0.2, 0.25) is 0 Å². The Kier molecular flexibility index (Phi) is 8.47. The van der Waals surface area contributed by atoms with Gasteiger partial charge in [-0.25, -0.2) is 13.2 Å². The van der Waals surface area contributed by atoms with Gasteiger partial charge in [0, 0.05) is 0 Å². The highest BCUT2D eigenvalue weighted by molar-refractivity contribution is 5.11. The molecular weight excluding hydrogens is 445 g/mol. The van der Waals surface area contributed by atoms with E-state index >= 15 is 4.39 Å². The summed E-state index contributed by atoms with van der Waals surface area (Å²) in [6.45, 7) is 1.64. The largest absolute Gasteiger partial charge is 0.434 e. The summed E-state index contributed by atoms with van der Waals surface area (Å²) in [6, 6.07) is 0. The van der Waals surface area contributed by atoms with E-state index < -0.39 is 67.1 Å². The lowest BCUT2D eigenvalue weighted by atomic mass is 9.80. The number of ether oxygens (including phenoxy) is 2. The Labute approximate surface area is 166 Å². The Morgan fingerprint density at radius 3 is 1.53 bits per heavy atom. The summed E-state index contributed by atoms with van der Waals surface area (Å²) in [5, 5.41) is 0. The fourth-order valence-corrected chi connectivity index (χ4v) is 2.61. The molecule has 0 heterocycles. The minimum atomic E-state index is -6.62. The Morgan fingerprint density at radius 1 is 0.767 bits per heavy atom. The fourth-order valence-electron chi connectivity index (χ4n) is 2.61. The highest BCUT2D eigenvalue weighted by Gasteiger charge is 2.82. The second-order valence-electron chi connectivity index (χ2n) is 7.01. The van der Waals surface area contributed by atoms with Gasteiger partial charge >= 0.3 is 24.1 Å². The van der Waals surface area contributed by atoms with E-state index in [2.05, 4.69) is 16.1 Å². The SMILES string of the molecule is C=CCOCC(F)(C(F)(F)F)C(C)(CC)OC(F)(F)C(F)(C(F)(F)F)C(C)(F)CC. The predicted octanol–water partition coefficient (Wildman–Crippen LogP) is 6.65. The van der Waals surface area contributed by atoms with Crippen LogP contribution in [0.15, 0.2) is 12.7 Å². The molecule has 180 valence electrons.